The molecule has 0 saturated carbocycles. The molecule has 0 amide bonds. The molecule has 0 aliphatic heterocycles. The number of fused-ring (bicyclic) bond motifs is 1. The van der Waals surface area contributed by atoms with Crippen molar-refractivity contribution in [1.29, 1.82) is 0 Å². The van der Waals surface area contributed by atoms with Crippen LogP contribution < -0.4 is 10.1 Å². The Kier molecular flexibility index (Phi) is 4.63. The van der Waals surface area contributed by atoms with Gasteiger partial charge >= 0.3 is 5.97 Å². The molecule has 4 rings (SSSR count). The zero-order chi connectivity index (χ0) is 19.5. The van der Waals surface area contributed by atoms with E-state index in [0.29, 0.717) is 28.6 Å². The summed E-state index contributed by atoms with van der Waals surface area (Å²) in [6.45, 7) is 2.03. The van der Waals surface area contributed by atoms with E-state index < -0.39 is 5.97 Å². The van der Waals surface area contributed by atoms with Gasteiger partial charge in [0, 0.05) is 18.3 Å². The van der Waals surface area contributed by atoms with E-state index in [0.717, 1.165) is 5.56 Å². The molecule has 0 unspecified atom stereocenters. The van der Waals surface area contributed by atoms with Crippen LogP contribution in [0.25, 0.3) is 11.1 Å². The number of pyridine rings is 1. The lowest BCUT2D eigenvalue weighted by atomic mass is 10.1. The van der Waals surface area contributed by atoms with E-state index in [2.05, 4.69) is 15.3 Å². The molecule has 0 radical (unpaired) electrons. The topological polar surface area (TPSA) is 97.5 Å². The lowest BCUT2D eigenvalue weighted by molar-refractivity contribution is 0.0690. The van der Waals surface area contributed by atoms with Crippen molar-refractivity contribution < 1.29 is 19.1 Å². The number of aromatic nitrogens is 2. The molecular formula is C21H17N3O4. The second-order valence-electron chi connectivity index (χ2n) is 6.21. The van der Waals surface area contributed by atoms with Gasteiger partial charge in [-0.2, -0.15) is 4.98 Å². The number of anilines is 1. The van der Waals surface area contributed by atoms with Gasteiger partial charge in [-0.05, 0) is 30.7 Å². The molecule has 2 aromatic carbocycles. The van der Waals surface area contributed by atoms with E-state index in [1.807, 2.05) is 37.3 Å². The van der Waals surface area contributed by atoms with Crippen LogP contribution in [0.2, 0.25) is 0 Å². The SMILES string of the molecule is C[C@@H](Nc1nc2ccc(Oc3ccnc(C(=O)O)c3)cc2o1)c1ccccc1. The van der Waals surface area contributed by atoms with Crippen molar-refractivity contribution in [3.63, 3.8) is 0 Å². The quantitative estimate of drug-likeness (QED) is 0.495. The highest BCUT2D eigenvalue weighted by atomic mass is 16.5. The Morgan fingerprint density at radius 1 is 1.11 bits per heavy atom. The first-order valence-electron chi connectivity index (χ1n) is 8.68. The molecule has 7 heteroatoms. The van der Waals surface area contributed by atoms with E-state index in [4.69, 9.17) is 14.3 Å². The second kappa shape index (κ2) is 7.40. The zero-order valence-corrected chi connectivity index (χ0v) is 15.0. The van der Waals surface area contributed by atoms with Crippen molar-refractivity contribution in [1.82, 2.24) is 9.97 Å². The van der Waals surface area contributed by atoms with Crippen molar-refractivity contribution in [2.75, 3.05) is 5.32 Å². The van der Waals surface area contributed by atoms with Crippen molar-refractivity contribution in [2.45, 2.75) is 13.0 Å². The van der Waals surface area contributed by atoms with Crippen LogP contribution >= 0.6 is 0 Å². The molecule has 4 aromatic rings. The average Bonchev–Trinajstić information content (AvgIpc) is 3.10. The molecule has 28 heavy (non-hydrogen) atoms. The highest BCUT2D eigenvalue weighted by Crippen LogP contribution is 2.28. The minimum Gasteiger partial charge on any atom is -0.477 e. The van der Waals surface area contributed by atoms with Gasteiger partial charge in [-0.25, -0.2) is 9.78 Å². The Bertz CT molecular complexity index is 1120. The molecule has 2 aromatic heterocycles. The van der Waals surface area contributed by atoms with Crippen molar-refractivity contribution in [3.05, 3.63) is 78.1 Å². The Balaban J connectivity index is 1.53. The number of hydrogen-bond donors (Lipinski definition) is 2. The standard InChI is InChI=1S/C21H17N3O4/c1-13(14-5-3-2-4-6-14)23-21-24-17-8-7-15(12-19(17)28-21)27-16-9-10-22-18(11-16)20(25)26/h2-13H,1H3,(H,23,24)(H,25,26)/t13-/m1/s1. The molecule has 7 nitrogen and oxygen atoms in total. The molecule has 0 aliphatic carbocycles. The molecule has 0 fully saturated rings. The number of carboxylic acids is 1. The summed E-state index contributed by atoms with van der Waals surface area (Å²) in [6.07, 6.45) is 1.39. The van der Waals surface area contributed by atoms with Gasteiger partial charge < -0.3 is 19.6 Å². The van der Waals surface area contributed by atoms with Crippen LogP contribution in [0.1, 0.15) is 29.0 Å². The van der Waals surface area contributed by atoms with E-state index in [1.165, 1.54) is 12.3 Å². The number of hydrogen-bond acceptors (Lipinski definition) is 6. The third-order valence-electron chi connectivity index (χ3n) is 4.19. The van der Waals surface area contributed by atoms with Crippen LogP contribution in [-0.4, -0.2) is 21.0 Å². The molecule has 0 spiro atoms. The maximum absolute atomic E-state index is 11.0. The average molecular weight is 375 g/mol. The van der Waals surface area contributed by atoms with Gasteiger partial charge in [-0.15, -0.1) is 0 Å². The molecule has 0 bridgehead atoms. The molecule has 2 heterocycles. The van der Waals surface area contributed by atoms with Gasteiger partial charge in [0.1, 0.15) is 17.0 Å². The number of rotatable bonds is 6. The number of nitrogens with zero attached hydrogens (tertiary/aromatic N) is 2. The van der Waals surface area contributed by atoms with E-state index in [1.54, 1.807) is 24.3 Å². The fourth-order valence-corrected chi connectivity index (χ4v) is 2.77. The summed E-state index contributed by atoms with van der Waals surface area (Å²) >= 11 is 0. The molecule has 2 N–H and O–H groups in total. The molecule has 1 atom stereocenters. The lowest BCUT2D eigenvalue weighted by Crippen LogP contribution is -2.06. The van der Waals surface area contributed by atoms with Crippen LogP contribution in [-0.2, 0) is 0 Å². The van der Waals surface area contributed by atoms with Crippen LogP contribution in [0.15, 0.2) is 71.3 Å². The lowest BCUT2D eigenvalue weighted by Gasteiger charge is -2.11. The van der Waals surface area contributed by atoms with E-state index in [9.17, 15) is 4.79 Å². The van der Waals surface area contributed by atoms with E-state index >= 15 is 0 Å². The number of carbonyl (C=O) groups is 1. The summed E-state index contributed by atoms with van der Waals surface area (Å²) in [5.74, 6) is -0.226. The monoisotopic (exact) mass is 375 g/mol. The Morgan fingerprint density at radius 2 is 1.89 bits per heavy atom. The maximum atomic E-state index is 11.0. The van der Waals surface area contributed by atoms with Gasteiger partial charge in [-0.1, -0.05) is 30.3 Å². The summed E-state index contributed by atoms with van der Waals surface area (Å²) in [5.41, 5.74) is 2.30. The summed E-state index contributed by atoms with van der Waals surface area (Å²) < 4.78 is 11.5. The van der Waals surface area contributed by atoms with E-state index in [-0.39, 0.29) is 11.7 Å². The minimum absolute atomic E-state index is 0.0382. The second-order valence-corrected chi connectivity index (χ2v) is 6.21. The van der Waals surface area contributed by atoms with Gasteiger partial charge in [-0.3, -0.25) is 0 Å². The van der Waals surface area contributed by atoms with Crippen LogP contribution in [0.5, 0.6) is 11.5 Å². The molecule has 0 saturated heterocycles. The first-order chi connectivity index (χ1) is 13.6. The first-order valence-corrected chi connectivity index (χ1v) is 8.68. The third-order valence-corrected chi connectivity index (χ3v) is 4.19. The number of aromatic carboxylic acids is 1. The fourth-order valence-electron chi connectivity index (χ4n) is 2.77. The van der Waals surface area contributed by atoms with Gasteiger partial charge in [0.15, 0.2) is 11.3 Å². The summed E-state index contributed by atoms with van der Waals surface area (Å²) in [5, 5.41) is 12.3. The van der Waals surface area contributed by atoms with Crippen molar-refractivity contribution in [3.8, 4) is 11.5 Å². The van der Waals surface area contributed by atoms with Crippen LogP contribution in [0.4, 0.5) is 6.01 Å². The number of nitrogens with one attached hydrogen (secondary N) is 1. The number of carboxylic acid groups (broad SMARTS) is 1. The Morgan fingerprint density at radius 3 is 2.68 bits per heavy atom. The number of ether oxygens (including phenoxy) is 1. The smallest absolute Gasteiger partial charge is 0.354 e. The predicted octanol–water partition coefficient (Wildman–Crippen LogP) is 4.89. The summed E-state index contributed by atoms with van der Waals surface area (Å²) in [6, 6.07) is 18.7. The Hall–Kier alpha value is -3.87. The van der Waals surface area contributed by atoms with Crippen LogP contribution in [0.3, 0.4) is 0 Å². The van der Waals surface area contributed by atoms with Crippen molar-refractivity contribution in [2.24, 2.45) is 0 Å². The maximum Gasteiger partial charge on any atom is 0.354 e. The highest BCUT2D eigenvalue weighted by molar-refractivity contribution is 5.85. The zero-order valence-electron chi connectivity index (χ0n) is 15.0. The summed E-state index contributed by atoms with van der Waals surface area (Å²) in [4.78, 5) is 19.2. The highest BCUT2D eigenvalue weighted by Gasteiger charge is 2.12. The minimum atomic E-state index is -1.11. The fraction of sp³-hybridized carbons (Fsp3) is 0.0952. The van der Waals surface area contributed by atoms with Crippen LogP contribution in [0, 0.1) is 0 Å². The number of benzene rings is 2. The normalized spacial score (nSPS) is 11.9. The first kappa shape index (κ1) is 17.5. The molecule has 140 valence electrons. The van der Waals surface area contributed by atoms with Crippen molar-refractivity contribution >= 4 is 23.1 Å². The molecular weight excluding hydrogens is 358 g/mol. The largest absolute Gasteiger partial charge is 0.477 e. The third kappa shape index (κ3) is 3.78. The molecule has 0 aliphatic rings. The Labute approximate surface area is 160 Å². The van der Waals surface area contributed by atoms with Gasteiger partial charge in [0.05, 0.1) is 6.04 Å². The van der Waals surface area contributed by atoms with Gasteiger partial charge in [0.25, 0.3) is 6.01 Å². The number of oxazole rings is 1. The van der Waals surface area contributed by atoms with Gasteiger partial charge in [0.2, 0.25) is 0 Å². The predicted molar refractivity (Wildman–Crippen MR) is 104 cm³/mol. The summed E-state index contributed by atoms with van der Waals surface area (Å²) in [7, 11) is 0.